The monoisotopic (exact) mass is 332 g/mol. The van der Waals surface area contributed by atoms with Crippen LogP contribution in [0.5, 0.6) is 0 Å². The van der Waals surface area contributed by atoms with Crippen molar-refractivity contribution in [2.24, 2.45) is 5.73 Å². The van der Waals surface area contributed by atoms with Gasteiger partial charge in [-0.1, -0.05) is 24.3 Å². The fourth-order valence-corrected chi connectivity index (χ4v) is 2.79. The fourth-order valence-electron chi connectivity index (χ4n) is 2.39. The molecule has 0 heterocycles. The third-order valence-electron chi connectivity index (χ3n) is 3.70. The van der Waals surface area contributed by atoms with E-state index in [0.29, 0.717) is 6.54 Å². The molecule has 0 saturated heterocycles. The topological polar surface area (TPSA) is 38.0 Å². The van der Waals surface area contributed by atoms with Crippen molar-refractivity contribution in [3.8, 4) is 0 Å². The third kappa shape index (κ3) is 3.22. The number of rotatable bonds is 4. The van der Waals surface area contributed by atoms with Crippen LogP contribution in [-0.2, 0) is 0 Å². The van der Waals surface area contributed by atoms with Crippen LogP contribution in [0, 0.1) is 20.8 Å². The molecule has 0 bridgehead atoms. The van der Waals surface area contributed by atoms with Gasteiger partial charge < -0.3 is 11.1 Å². The maximum absolute atomic E-state index is 5.98. The zero-order valence-electron chi connectivity index (χ0n) is 12.2. The Balaban J connectivity index is 2.34. The summed E-state index contributed by atoms with van der Waals surface area (Å²) in [7, 11) is 0. The summed E-state index contributed by atoms with van der Waals surface area (Å²) in [6.45, 7) is 6.99. The van der Waals surface area contributed by atoms with E-state index >= 15 is 0 Å². The normalized spacial score (nSPS) is 12.2. The zero-order valence-corrected chi connectivity index (χ0v) is 13.8. The first-order chi connectivity index (χ1) is 9.52. The summed E-state index contributed by atoms with van der Waals surface area (Å²) in [4.78, 5) is 0. The summed E-state index contributed by atoms with van der Waals surface area (Å²) < 4.78 is 1.06. The van der Waals surface area contributed by atoms with Gasteiger partial charge in [0.05, 0.1) is 6.04 Å². The fraction of sp³-hybridized carbons (Fsp3) is 0.294. The maximum Gasteiger partial charge on any atom is 0.0639 e. The molecule has 0 spiro atoms. The van der Waals surface area contributed by atoms with E-state index in [1.54, 1.807) is 0 Å². The van der Waals surface area contributed by atoms with Crippen molar-refractivity contribution < 1.29 is 0 Å². The Kier molecular flexibility index (Phi) is 4.84. The van der Waals surface area contributed by atoms with Crippen LogP contribution in [0.1, 0.15) is 28.3 Å². The first-order valence-corrected chi connectivity index (χ1v) is 7.61. The molecule has 0 aliphatic carbocycles. The summed E-state index contributed by atoms with van der Waals surface area (Å²) >= 11 is 3.57. The van der Waals surface area contributed by atoms with E-state index in [9.17, 15) is 0 Å². The number of hydrogen-bond acceptors (Lipinski definition) is 2. The Morgan fingerprint density at radius 3 is 2.35 bits per heavy atom. The molecule has 2 rings (SSSR count). The van der Waals surface area contributed by atoms with Crippen molar-refractivity contribution >= 4 is 21.6 Å². The molecule has 2 aromatic rings. The van der Waals surface area contributed by atoms with Crippen molar-refractivity contribution in [1.29, 1.82) is 0 Å². The number of aryl methyl sites for hydroxylation is 3. The van der Waals surface area contributed by atoms with Gasteiger partial charge in [0.2, 0.25) is 0 Å². The molecule has 106 valence electrons. The zero-order chi connectivity index (χ0) is 14.7. The van der Waals surface area contributed by atoms with E-state index in [2.05, 4.69) is 60.2 Å². The number of para-hydroxylation sites is 1. The minimum atomic E-state index is 0.119. The molecule has 0 radical (unpaired) electrons. The van der Waals surface area contributed by atoms with Crippen molar-refractivity contribution in [3.63, 3.8) is 0 Å². The number of nitrogens with one attached hydrogen (secondary N) is 1. The second-order valence-corrected chi connectivity index (χ2v) is 6.06. The van der Waals surface area contributed by atoms with Gasteiger partial charge in [-0.25, -0.2) is 0 Å². The lowest BCUT2D eigenvalue weighted by atomic mass is 9.95. The molecular weight excluding hydrogens is 312 g/mol. The van der Waals surface area contributed by atoms with E-state index in [1.807, 2.05) is 18.2 Å². The smallest absolute Gasteiger partial charge is 0.0639 e. The molecule has 2 nitrogen and oxygen atoms in total. The Morgan fingerprint density at radius 2 is 1.70 bits per heavy atom. The molecule has 3 heteroatoms. The minimum absolute atomic E-state index is 0.119. The van der Waals surface area contributed by atoms with Crippen LogP contribution in [0.25, 0.3) is 0 Å². The Hall–Kier alpha value is -1.32. The minimum Gasteiger partial charge on any atom is -0.376 e. The Morgan fingerprint density at radius 1 is 1.05 bits per heavy atom. The average molecular weight is 333 g/mol. The van der Waals surface area contributed by atoms with Gasteiger partial charge in [-0.15, -0.1) is 0 Å². The predicted octanol–water partition coefficient (Wildman–Crippen LogP) is 4.49. The molecule has 2 aromatic carbocycles. The number of hydrogen-bond donors (Lipinski definition) is 2. The Bertz CT molecular complexity index is 608. The van der Waals surface area contributed by atoms with Gasteiger partial charge in [-0.05, 0) is 71.1 Å². The van der Waals surface area contributed by atoms with Crippen molar-refractivity contribution in [1.82, 2.24) is 0 Å². The third-order valence-corrected chi connectivity index (χ3v) is 4.39. The number of nitrogens with two attached hydrogens (primary N) is 1. The van der Waals surface area contributed by atoms with Crippen molar-refractivity contribution in [2.75, 3.05) is 11.9 Å². The summed E-state index contributed by atoms with van der Waals surface area (Å²) in [5.74, 6) is 0. The maximum atomic E-state index is 5.98. The molecule has 0 aliphatic heterocycles. The predicted molar refractivity (Wildman–Crippen MR) is 90.2 cm³/mol. The van der Waals surface area contributed by atoms with Gasteiger partial charge in [-0.2, -0.15) is 0 Å². The van der Waals surface area contributed by atoms with Crippen molar-refractivity contribution in [2.45, 2.75) is 26.8 Å². The van der Waals surface area contributed by atoms with Gasteiger partial charge in [-0.3, -0.25) is 0 Å². The van der Waals surface area contributed by atoms with E-state index in [1.165, 1.54) is 22.3 Å². The number of anilines is 1. The van der Waals surface area contributed by atoms with Crippen LogP contribution in [0.2, 0.25) is 0 Å². The van der Waals surface area contributed by atoms with Crippen LogP contribution >= 0.6 is 15.9 Å². The summed E-state index contributed by atoms with van der Waals surface area (Å²) in [5, 5.41) is 3.53. The molecule has 0 aliphatic rings. The molecule has 0 aromatic heterocycles. The number of benzene rings is 2. The quantitative estimate of drug-likeness (QED) is 0.865. The second-order valence-electron chi connectivity index (χ2n) is 5.21. The molecule has 20 heavy (non-hydrogen) atoms. The van der Waals surface area contributed by atoms with Gasteiger partial charge in [0.1, 0.15) is 0 Å². The highest BCUT2D eigenvalue weighted by Crippen LogP contribution is 2.28. The average Bonchev–Trinajstić information content (AvgIpc) is 2.42. The van der Waals surface area contributed by atoms with Crippen LogP contribution < -0.4 is 11.1 Å². The number of halogens is 1. The summed E-state index contributed by atoms with van der Waals surface area (Å²) in [5.41, 5.74) is 12.2. The first-order valence-electron chi connectivity index (χ1n) is 6.81. The molecule has 1 atom stereocenters. The molecule has 3 N–H and O–H groups in total. The van der Waals surface area contributed by atoms with E-state index in [-0.39, 0.29) is 6.04 Å². The highest BCUT2D eigenvalue weighted by atomic mass is 79.9. The highest BCUT2D eigenvalue weighted by Gasteiger charge is 2.14. The van der Waals surface area contributed by atoms with E-state index in [4.69, 9.17) is 5.73 Å². The van der Waals surface area contributed by atoms with Crippen LogP contribution in [0.3, 0.4) is 0 Å². The van der Waals surface area contributed by atoms with Crippen molar-refractivity contribution in [3.05, 3.63) is 63.1 Å². The lowest BCUT2D eigenvalue weighted by molar-refractivity contribution is 0.781. The Labute approximate surface area is 129 Å². The van der Waals surface area contributed by atoms with Gasteiger partial charge >= 0.3 is 0 Å². The van der Waals surface area contributed by atoms with Crippen LogP contribution in [-0.4, -0.2) is 6.54 Å². The van der Waals surface area contributed by atoms with Crippen LogP contribution in [0.15, 0.2) is 40.9 Å². The second kappa shape index (κ2) is 6.42. The van der Waals surface area contributed by atoms with E-state index < -0.39 is 0 Å². The lowest BCUT2D eigenvalue weighted by Gasteiger charge is -2.22. The molecule has 0 saturated carbocycles. The largest absolute Gasteiger partial charge is 0.376 e. The van der Waals surface area contributed by atoms with Gasteiger partial charge in [0.15, 0.2) is 0 Å². The molecule has 1 unspecified atom stereocenters. The molecule has 0 amide bonds. The SMILES string of the molecule is Cc1cc(C)c(C(CN)Nc2ccccc2Br)cc1C. The standard InChI is InChI=1S/C17H21BrN2/c1-11-8-13(3)14(9-12(11)2)17(10-19)20-16-7-5-4-6-15(16)18/h4-9,17,20H,10,19H2,1-3H3. The van der Waals surface area contributed by atoms with Crippen LogP contribution in [0.4, 0.5) is 5.69 Å². The molecule has 0 fully saturated rings. The molecular formula is C17H21BrN2. The van der Waals surface area contributed by atoms with Gasteiger partial charge in [0.25, 0.3) is 0 Å². The summed E-state index contributed by atoms with van der Waals surface area (Å²) in [6, 6.07) is 12.7. The highest BCUT2D eigenvalue weighted by molar-refractivity contribution is 9.10. The van der Waals surface area contributed by atoms with E-state index in [0.717, 1.165) is 10.2 Å². The summed E-state index contributed by atoms with van der Waals surface area (Å²) in [6.07, 6.45) is 0. The first kappa shape index (κ1) is 15.1. The lowest BCUT2D eigenvalue weighted by Crippen LogP contribution is -2.22. The van der Waals surface area contributed by atoms with Gasteiger partial charge in [0, 0.05) is 16.7 Å².